The van der Waals surface area contributed by atoms with Crippen LogP contribution in [0.5, 0.6) is 0 Å². The summed E-state index contributed by atoms with van der Waals surface area (Å²) in [5.74, 6) is 0.0848. The van der Waals surface area contributed by atoms with Gasteiger partial charge in [0.25, 0.3) is 0 Å². The van der Waals surface area contributed by atoms with Gasteiger partial charge in [0.05, 0.1) is 12.0 Å². The van der Waals surface area contributed by atoms with Crippen molar-refractivity contribution < 1.29 is 9.90 Å². The molecular formula is C15H21ClN2O2. The van der Waals surface area contributed by atoms with E-state index in [9.17, 15) is 4.79 Å². The minimum absolute atomic E-state index is 0.0848. The number of benzene rings is 1. The Morgan fingerprint density at radius 3 is 2.95 bits per heavy atom. The molecule has 0 aromatic heterocycles. The summed E-state index contributed by atoms with van der Waals surface area (Å²) >= 11 is 6.43. The number of aliphatic hydroxyl groups excluding tert-OH is 1. The standard InChI is InChI=1S/C15H21ClN2O2/c1-11(20)18-6-5-13-9-12(3-4-15(13)18)14(16)10-17(2)7-8-19/h3-4,9,14,19H,5-8,10H2,1-2H3. The van der Waals surface area contributed by atoms with E-state index in [4.69, 9.17) is 16.7 Å². The van der Waals surface area contributed by atoms with Crippen molar-refractivity contribution in [2.24, 2.45) is 0 Å². The highest BCUT2D eigenvalue weighted by Crippen LogP contribution is 2.32. The Bertz CT molecular complexity index is 493. The summed E-state index contributed by atoms with van der Waals surface area (Å²) in [6, 6.07) is 6.08. The van der Waals surface area contributed by atoms with Crippen molar-refractivity contribution in [3.8, 4) is 0 Å². The zero-order valence-electron chi connectivity index (χ0n) is 12.0. The topological polar surface area (TPSA) is 43.8 Å². The monoisotopic (exact) mass is 296 g/mol. The van der Waals surface area contributed by atoms with Gasteiger partial charge in [0.2, 0.25) is 5.91 Å². The van der Waals surface area contributed by atoms with Crippen LogP contribution in [0.4, 0.5) is 5.69 Å². The lowest BCUT2D eigenvalue weighted by molar-refractivity contribution is -0.116. The fraction of sp³-hybridized carbons (Fsp3) is 0.533. The number of fused-ring (bicyclic) bond motifs is 1. The molecule has 1 amide bonds. The molecule has 1 atom stereocenters. The van der Waals surface area contributed by atoms with Crippen LogP contribution in [0.15, 0.2) is 18.2 Å². The van der Waals surface area contributed by atoms with Crippen molar-refractivity contribution in [2.75, 3.05) is 38.2 Å². The lowest BCUT2D eigenvalue weighted by atomic mass is 10.1. The van der Waals surface area contributed by atoms with E-state index in [2.05, 4.69) is 6.07 Å². The molecule has 5 heteroatoms. The van der Waals surface area contributed by atoms with Gasteiger partial charge < -0.3 is 14.9 Å². The highest BCUT2D eigenvalue weighted by molar-refractivity contribution is 6.21. The van der Waals surface area contributed by atoms with Gasteiger partial charge in [0.1, 0.15) is 0 Å². The van der Waals surface area contributed by atoms with Crippen LogP contribution in [0.3, 0.4) is 0 Å². The molecule has 0 saturated carbocycles. The Kier molecular flexibility index (Phi) is 5.02. The van der Waals surface area contributed by atoms with Gasteiger partial charge in [-0.15, -0.1) is 11.6 Å². The molecule has 1 unspecified atom stereocenters. The number of carbonyl (C=O) groups excluding carboxylic acids is 1. The molecule has 1 heterocycles. The number of hydrogen-bond donors (Lipinski definition) is 1. The summed E-state index contributed by atoms with van der Waals surface area (Å²) in [6.45, 7) is 3.80. The molecule has 0 radical (unpaired) electrons. The number of amides is 1. The van der Waals surface area contributed by atoms with Gasteiger partial charge >= 0.3 is 0 Å². The fourth-order valence-electron chi connectivity index (χ4n) is 2.58. The smallest absolute Gasteiger partial charge is 0.223 e. The van der Waals surface area contributed by atoms with E-state index < -0.39 is 0 Å². The summed E-state index contributed by atoms with van der Waals surface area (Å²) in [4.78, 5) is 15.3. The van der Waals surface area contributed by atoms with Crippen molar-refractivity contribution >= 4 is 23.2 Å². The third-order valence-corrected chi connectivity index (χ3v) is 4.08. The fourth-order valence-corrected chi connectivity index (χ4v) is 2.96. The number of alkyl halides is 1. The van der Waals surface area contributed by atoms with Crippen LogP contribution in [0.25, 0.3) is 0 Å². The van der Waals surface area contributed by atoms with Crippen molar-refractivity contribution in [1.82, 2.24) is 4.90 Å². The average molecular weight is 297 g/mol. The molecule has 0 aliphatic carbocycles. The van der Waals surface area contributed by atoms with Crippen molar-refractivity contribution in [1.29, 1.82) is 0 Å². The summed E-state index contributed by atoms with van der Waals surface area (Å²) in [7, 11) is 1.94. The van der Waals surface area contributed by atoms with Gasteiger partial charge in [0, 0.05) is 32.2 Å². The van der Waals surface area contributed by atoms with E-state index >= 15 is 0 Å². The third-order valence-electron chi connectivity index (χ3n) is 3.69. The maximum Gasteiger partial charge on any atom is 0.223 e. The average Bonchev–Trinajstić information content (AvgIpc) is 2.81. The normalized spacial score (nSPS) is 15.6. The summed E-state index contributed by atoms with van der Waals surface area (Å²) in [5.41, 5.74) is 3.27. The summed E-state index contributed by atoms with van der Waals surface area (Å²) in [6.07, 6.45) is 0.888. The van der Waals surface area contributed by atoms with Gasteiger partial charge in [-0.2, -0.15) is 0 Å². The summed E-state index contributed by atoms with van der Waals surface area (Å²) in [5, 5.41) is 8.80. The van der Waals surface area contributed by atoms with Gasteiger partial charge in [-0.1, -0.05) is 12.1 Å². The van der Waals surface area contributed by atoms with Crippen LogP contribution in [0.2, 0.25) is 0 Å². The second kappa shape index (κ2) is 6.57. The molecule has 0 spiro atoms. The molecule has 20 heavy (non-hydrogen) atoms. The van der Waals surface area contributed by atoms with Crippen LogP contribution in [-0.2, 0) is 11.2 Å². The van der Waals surface area contributed by atoms with Crippen LogP contribution in [0.1, 0.15) is 23.4 Å². The first-order valence-electron chi connectivity index (χ1n) is 6.87. The molecule has 110 valence electrons. The number of carbonyl (C=O) groups is 1. The van der Waals surface area contributed by atoms with Gasteiger partial charge in [-0.05, 0) is 30.7 Å². The predicted octanol–water partition coefficient (Wildman–Crippen LogP) is 1.80. The maximum absolute atomic E-state index is 11.5. The number of hydrogen-bond acceptors (Lipinski definition) is 3. The Hall–Kier alpha value is -1.10. The molecule has 1 aliphatic heterocycles. The second-order valence-corrected chi connectivity index (χ2v) is 5.79. The van der Waals surface area contributed by atoms with Crippen molar-refractivity contribution in [2.45, 2.75) is 18.7 Å². The molecular weight excluding hydrogens is 276 g/mol. The first kappa shape index (κ1) is 15.3. The van der Waals surface area contributed by atoms with Crippen LogP contribution in [-0.4, -0.2) is 49.2 Å². The minimum atomic E-state index is -0.108. The highest BCUT2D eigenvalue weighted by atomic mass is 35.5. The molecule has 1 aliphatic rings. The van der Waals surface area contributed by atoms with E-state index in [1.165, 1.54) is 5.56 Å². The first-order valence-corrected chi connectivity index (χ1v) is 7.31. The van der Waals surface area contributed by atoms with Crippen LogP contribution in [0, 0.1) is 0 Å². The Balaban J connectivity index is 2.10. The van der Waals surface area contributed by atoms with Gasteiger partial charge in [0.15, 0.2) is 0 Å². The number of nitrogens with zero attached hydrogens (tertiary/aromatic N) is 2. The zero-order valence-corrected chi connectivity index (χ0v) is 12.7. The molecule has 1 aromatic rings. The van der Waals surface area contributed by atoms with E-state index in [0.29, 0.717) is 13.1 Å². The molecule has 0 saturated heterocycles. The van der Waals surface area contributed by atoms with E-state index in [1.54, 1.807) is 11.8 Å². The molecule has 0 bridgehead atoms. The maximum atomic E-state index is 11.5. The first-order chi connectivity index (χ1) is 9.52. The molecule has 2 rings (SSSR count). The van der Waals surface area contributed by atoms with Crippen molar-refractivity contribution in [3.05, 3.63) is 29.3 Å². The molecule has 1 aromatic carbocycles. The predicted molar refractivity (Wildman–Crippen MR) is 81.3 cm³/mol. The number of halogens is 1. The number of aliphatic hydroxyl groups is 1. The second-order valence-electron chi connectivity index (χ2n) is 5.26. The van der Waals surface area contributed by atoms with Gasteiger partial charge in [-0.3, -0.25) is 4.79 Å². The summed E-state index contributed by atoms with van der Waals surface area (Å²) < 4.78 is 0. The van der Waals surface area contributed by atoms with Crippen LogP contribution < -0.4 is 4.90 Å². The number of likely N-dealkylation sites (N-methyl/N-ethyl adjacent to an activating group) is 1. The molecule has 0 fully saturated rings. The zero-order chi connectivity index (χ0) is 14.7. The third kappa shape index (κ3) is 3.32. The molecule has 4 nitrogen and oxygen atoms in total. The Morgan fingerprint density at radius 2 is 2.30 bits per heavy atom. The quantitative estimate of drug-likeness (QED) is 0.843. The molecule has 1 N–H and O–H groups in total. The van der Waals surface area contributed by atoms with Crippen LogP contribution >= 0.6 is 11.6 Å². The lowest BCUT2D eigenvalue weighted by Crippen LogP contribution is -2.26. The number of rotatable bonds is 5. The Morgan fingerprint density at radius 1 is 1.55 bits per heavy atom. The SMILES string of the molecule is CC(=O)N1CCc2cc(C(Cl)CN(C)CCO)ccc21. The van der Waals surface area contributed by atoms with E-state index in [0.717, 1.165) is 24.2 Å². The van der Waals surface area contributed by atoms with E-state index in [1.807, 2.05) is 24.1 Å². The van der Waals surface area contributed by atoms with Crippen molar-refractivity contribution in [3.63, 3.8) is 0 Å². The largest absolute Gasteiger partial charge is 0.395 e. The lowest BCUT2D eigenvalue weighted by Gasteiger charge is -2.20. The number of anilines is 1. The Labute approximate surface area is 124 Å². The highest BCUT2D eigenvalue weighted by Gasteiger charge is 2.23. The minimum Gasteiger partial charge on any atom is -0.395 e. The van der Waals surface area contributed by atoms with E-state index in [-0.39, 0.29) is 17.9 Å². The van der Waals surface area contributed by atoms with Gasteiger partial charge in [-0.25, -0.2) is 0 Å².